The SMILES string of the molecule is CC[C@@H](C)OC(=O)C1=C(C)NC2=C(C(=O)[C@H](C(=O)OC)[C@H](C)C2)[C@H]1c1coc2ccc(C)cc2c1=O. The first-order valence-corrected chi connectivity index (χ1v) is 12.1. The van der Waals surface area contributed by atoms with E-state index in [0.29, 0.717) is 35.2 Å². The Balaban J connectivity index is 1.97. The number of nitrogens with one attached hydrogen (secondary N) is 1. The molecule has 0 saturated carbocycles. The largest absolute Gasteiger partial charge is 0.468 e. The van der Waals surface area contributed by atoms with Crippen molar-refractivity contribution in [2.75, 3.05) is 7.11 Å². The van der Waals surface area contributed by atoms with Crippen LogP contribution in [0.1, 0.15) is 57.6 Å². The van der Waals surface area contributed by atoms with Gasteiger partial charge in [-0.1, -0.05) is 25.5 Å². The van der Waals surface area contributed by atoms with E-state index >= 15 is 0 Å². The summed E-state index contributed by atoms with van der Waals surface area (Å²) in [4.78, 5) is 53.6. The number of carbonyl (C=O) groups is 3. The third kappa shape index (κ3) is 4.25. The smallest absolute Gasteiger partial charge is 0.337 e. The third-order valence-electron chi connectivity index (χ3n) is 7.11. The molecule has 1 aliphatic heterocycles. The number of fused-ring (bicyclic) bond motifs is 1. The van der Waals surface area contributed by atoms with Gasteiger partial charge in [-0.25, -0.2) is 4.79 Å². The van der Waals surface area contributed by atoms with Gasteiger partial charge in [0, 0.05) is 22.5 Å². The molecule has 190 valence electrons. The number of esters is 2. The number of hydrogen-bond donors (Lipinski definition) is 1. The highest BCUT2D eigenvalue weighted by molar-refractivity contribution is 6.12. The molecule has 36 heavy (non-hydrogen) atoms. The number of rotatable bonds is 5. The van der Waals surface area contributed by atoms with Crippen molar-refractivity contribution in [3.8, 4) is 0 Å². The van der Waals surface area contributed by atoms with Crippen molar-refractivity contribution in [2.24, 2.45) is 11.8 Å². The van der Waals surface area contributed by atoms with Crippen LogP contribution >= 0.6 is 0 Å². The van der Waals surface area contributed by atoms with Crippen LogP contribution in [-0.2, 0) is 23.9 Å². The first kappa shape index (κ1) is 25.4. The summed E-state index contributed by atoms with van der Waals surface area (Å²) in [7, 11) is 1.24. The van der Waals surface area contributed by atoms with E-state index in [1.54, 1.807) is 32.9 Å². The van der Waals surface area contributed by atoms with Gasteiger partial charge in [-0.05, 0) is 51.7 Å². The normalized spacial score (nSPS) is 22.7. The molecule has 2 aromatic rings. The Morgan fingerprint density at radius 1 is 1.22 bits per heavy atom. The number of benzene rings is 1. The molecule has 1 aromatic heterocycles. The zero-order chi connectivity index (χ0) is 26.3. The van der Waals surface area contributed by atoms with E-state index in [0.717, 1.165) is 5.56 Å². The molecule has 0 bridgehead atoms. The molecule has 8 nitrogen and oxygen atoms in total. The minimum Gasteiger partial charge on any atom is -0.468 e. The maximum absolute atomic E-state index is 13.8. The van der Waals surface area contributed by atoms with E-state index in [-0.39, 0.29) is 34.2 Å². The maximum Gasteiger partial charge on any atom is 0.337 e. The summed E-state index contributed by atoms with van der Waals surface area (Å²) in [6.07, 6.45) is 1.92. The first-order chi connectivity index (χ1) is 17.1. The summed E-state index contributed by atoms with van der Waals surface area (Å²) in [5.41, 5.74) is 2.49. The topological polar surface area (TPSA) is 112 Å². The fourth-order valence-electron chi connectivity index (χ4n) is 5.05. The molecule has 1 aliphatic carbocycles. The number of hydrogen-bond acceptors (Lipinski definition) is 8. The minimum absolute atomic E-state index is 0.143. The Morgan fingerprint density at radius 2 is 1.94 bits per heavy atom. The van der Waals surface area contributed by atoms with E-state index < -0.39 is 29.6 Å². The summed E-state index contributed by atoms with van der Waals surface area (Å²) in [6, 6.07) is 5.27. The predicted molar refractivity (Wildman–Crippen MR) is 133 cm³/mol. The Labute approximate surface area is 209 Å². The number of aryl methyl sites for hydroxylation is 1. The quantitative estimate of drug-likeness (QED) is 0.490. The van der Waals surface area contributed by atoms with Crippen LogP contribution in [0, 0.1) is 18.8 Å². The summed E-state index contributed by atoms with van der Waals surface area (Å²) >= 11 is 0. The lowest BCUT2D eigenvalue weighted by Gasteiger charge is -2.38. The number of ether oxygens (including phenoxy) is 2. The zero-order valence-electron chi connectivity index (χ0n) is 21.4. The molecule has 4 rings (SSSR count). The van der Waals surface area contributed by atoms with Gasteiger partial charge in [0.1, 0.15) is 11.5 Å². The molecule has 2 aliphatic rings. The van der Waals surface area contributed by atoms with Crippen molar-refractivity contribution >= 4 is 28.7 Å². The molecule has 8 heteroatoms. The van der Waals surface area contributed by atoms with Gasteiger partial charge in [0.05, 0.1) is 36.4 Å². The second-order valence-electron chi connectivity index (χ2n) is 9.68. The molecule has 0 amide bonds. The average Bonchev–Trinajstić information content (AvgIpc) is 2.83. The Kier molecular flexibility index (Phi) is 6.89. The van der Waals surface area contributed by atoms with Crippen LogP contribution in [0.15, 0.2) is 56.2 Å². The summed E-state index contributed by atoms with van der Waals surface area (Å²) < 4.78 is 16.4. The standard InChI is InChI=1S/C28H31NO7/c1-7-15(4)36-28(33)22-16(5)29-19-11-14(3)21(27(32)34-6)26(31)24(19)23(22)18-12-35-20-9-8-13(2)10-17(20)25(18)30/h8-10,12,14-15,21,23,29H,7,11H2,1-6H3/t14-,15-,21-,23+/m1/s1. The van der Waals surface area contributed by atoms with Gasteiger partial charge in [-0.2, -0.15) is 0 Å². The molecular formula is C28H31NO7. The first-order valence-electron chi connectivity index (χ1n) is 12.1. The van der Waals surface area contributed by atoms with Gasteiger partial charge < -0.3 is 19.2 Å². The van der Waals surface area contributed by atoms with Crippen molar-refractivity contribution in [2.45, 2.75) is 59.5 Å². The van der Waals surface area contributed by atoms with Gasteiger partial charge in [-0.3, -0.25) is 14.4 Å². The van der Waals surface area contributed by atoms with Gasteiger partial charge in [0.15, 0.2) is 11.2 Å². The highest BCUT2D eigenvalue weighted by Crippen LogP contribution is 2.45. The summed E-state index contributed by atoms with van der Waals surface area (Å²) in [5, 5.41) is 3.55. The molecule has 0 radical (unpaired) electrons. The van der Waals surface area contributed by atoms with Crippen LogP contribution in [0.2, 0.25) is 0 Å². The lowest BCUT2D eigenvalue weighted by atomic mass is 9.69. The number of methoxy groups -OCH3 is 1. The predicted octanol–water partition coefficient (Wildman–Crippen LogP) is 4.06. The molecule has 0 fully saturated rings. The highest BCUT2D eigenvalue weighted by atomic mass is 16.5. The average molecular weight is 494 g/mol. The number of ketones is 1. The fraction of sp³-hybridized carbons (Fsp3) is 0.429. The summed E-state index contributed by atoms with van der Waals surface area (Å²) in [5.74, 6) is -4.17. The number of carbonyl (C=O) groups excluding carboxylic acids is 3. The van der Waals surface area contributed by atoms with E-state index in [1.807, 2.05) is 19.9 Å². The van der Waals surface area contributed by atoms with Crippen molar-refractivity contribution in [3.05, 3.63) is 68.4 Å². The molecule has 4 atom stereocenters. The third-order valence-corrected chi connectivity index (χ3v) is 7.11. The number of Topliss-reactive ketones (excluding diaryl/α,β-unsaturated/α-hetero) is 1. The second-order valence-corrected chi connectivity index (χ2v) is 9.68. The Hall–Kier alpha value is -3.68. The summed E-state index contributed by atoms with van der Waals surface area (Å²) in [6.45, 7) is 9.06. The van der Waals surface area contributed by atoms with Crippen molar-refractivity contribution in [1.29, 1.82) is 0 Å². The van der Waals surface area contributed by atoms with Gasteiger partial charge in [0.25, 0.3) is 0 Å². The van der Waals surface area contributed by atoms with E-state index in [4.69, 9.17) is 13.9 Å². The van der Waals surface area contributed by atoms with E-state index in [9.17, 15) is 19.2 Å². The molecule has 2 heterocycles. The molecule has 1 N–H and O–H groups in total. The Bertz CT molecular complexity index is 1380. The van der Waals surface area contributed by atoms with Crippen LogP contribution in [0.4, 0.5) is 0 Å². The fourth-order valence-corrected chi connectivity index (χ4v) is 5.05. The number of allylic oxidation sites excluding steroid dienone is 3. The van der Waals surface area contributed by atoms with Gasteiger partial charge in [0.2, 0.25) is 0 Å². The molecular weight excluding hydrogens is 462 g/mol. The van der Waals surface area contributed by atoms with Gasteiger partial charge in [-0.15, -0.1) is 0 Å². The number of dihydropyridines is 1. The lowest BCUT2D eigenvalue weighted by Crippen LogP contribution is -2.44. The monoisotopic (exact) mass is 493 g/mol. The van der Waals surface area contributed by atoms with Crippen LogP contribution in [0.3, 0.4) is 0 Å². The van der Waals surface area contributed by atoms with Gasteiger partial charge >= 0.3 is 11.9 Å². The van der Waals surface area contributed by atoms with Crippen molar-refractivity contribution in [3.63, 3.8) is 0 Å². The molecule has 0 spiro atoms. The van der Waals surface area contributed by atoms with Crippen LogP contribution in [0.25, 0.3) is 11.0 Å². The van der Waals surface area contributed by atoms with E-state index in [2.05, 4.69) is 5.32 Å². The van der Waals surface area contributed by atoms with Crippen LogP contribution in [-0.4, -0.2) is 30.9 Å². The highest BCUT2D eigenvalue weighted by Gasteiger charge is 2.48. The lowest BCUT2D eigenvalue weighted by molar-refractivity contribution is -0.151. The minimum atomic E-state index is -1.05. The van der Waals surface area contributed by atoms with Crippen LogP contribution < -0.4 is 10.7 Å². The molecule has 0 saturated heterocycles. The molecule has 1 aromatic carbocycles. The van der Waals surface area contributed by atoms with Crippen molar-refractivity contribution < 1.29 is 28.3 Å². The zero-order valence-corrected chi connectivity index (χ0v) is 21.4. The van der Waals surface area contributed by atoms with Crippen molar-refractivity contribution in [1.82, 2.24) is 5.32 Å². The Morgan fingerprint density at radius 3 is 2.61 bits per heavy atom. The molecule has 0 unspecified atom stereocenters. The maximum atomic E-state index is 13.8. The van der Waals surface area contributed by atoms with E-state index in [1.165, 1.54) is 13.4 Å². The van der Waals surface area contributed by atoms with Crippen LogP contribution in [0.5, 0.6) is 0 Å². The second kappa shape index (κ2) is 9.76.